The van der Waals surface area contributed by atoms with Crippen LogP contribution in [0.1, 0.15) is 18.5 Å². The molecule has 1 N–H and O–H groups in total. The Balaban J connectivity index is 1.50. The molecule has 2 aromatic heterocycles. The maximum Gasteiger partial charge on any atom is 0.137 e. The van der Waals surface area contributed by atoms with Crippen LogP contribution in [0.15, 0.2) is 24.5 Å². The Morgan fingerprint density at radius 2 is 2.26 bits per heavy atom. The first-order valence-electron chi connectivity index (χ1n) is 6.76. The van der Waals surface area contributed by atoms with Crippen LogP contribution in [0, 0.1) is 0 Å². The van der Waals surface area contributed by atoms with Crippen LogP contribution < -0.4 is 5.32 Å². The standard InChI is InChI=1S/C14H19ClN4/c1-18(13-3-4-13)7-6-16-8-12-10-19-9-11(15)2-5-14(19)17-12/h2,5,9-10,13,16H,3-4,6-8H2,1H3. The van der Waals surface area contributed by atoms with E-state index in [4.69, 9.17) is 11.6 Å². The molecule has 19 heavy (non-hydrogen) atoms. The zero-order chi connectivity index (χ0) is 13.2. The van der Waals surface area contributed by atoms with E-state index >= 15 is 0 Å². The van der Waals surface area contributed by atoms with Crippen molar-refractivity contribution in [1.82, 2.24) is 19.6 Å². The number of halogens is 1. The maximum absolute atomic E-state index is 5.96. The van der Waals surface area contributed by atoms with Gasteiger partial charge in [0.25, 0.3) is 0 Å². The van der Waals surface area contributed by atoms with Gasteiger partial charge in [-0.3, -0.25) is 0 Å². The number of aromatic nitrogens is 2. The predicted molar refractivity (Wildman–Crippen MR) is 77.6 cm³/mol. The summed E-state index contributed by atoms with van der Waals surface area (Å²) in [7, 11) is 2.20. The van der Waals surface area contributed by atoms with Gasteiger partial charge in [-0.1, -0.05) is 11.6 Å². The fraction of sp³-hybridized carbons (Fsp3) is 0.500. The van der Waals surface area contributed by atoms with Gasteiger partial charge >= 0.3 is 0 Å². The van der Waals surface area contributed by atoms with E-state index < -0.39 is 0 Å². The number of pyridine rings is 1. The van der Waals surface area contributed by atoms with Crippen LogP contribution in [0.2, 0.25) is 5.02 Å². The molecule has 0 aliphatic heterocycles. The van der Waals surface area contributed by atoms with Crippen molar-refractivity contribution >= 4 is 17.2 Å². The normalized spacial score (nSPS) is 15.5. The van der Waals surface area contributed by atoms with Gasteiger partial charge in [-0.2, -0.15) is 0 Å². The molecule has 5 heteroatoms. The third-order valence-electron chi connectivity index (χ3n) is 3.58. The van der Waals surface area contributed by atoms with Gasteiger partial charge in [0.05, 0.1) is 10.7 Å². The number of fused-ring (bicyclic) bond motifs is 1. The lowest BCUT2D eigenvalue weighted by atomic mass is 10.4. The summed E-state index contributed by atoms with van der Waals surface area (Å²) in [6.45, 7) is 2.91. The molecule has 1 aliphatic carbocycles. The molecular formula is C14H19ClN4. The summed E-state index contributed by atoms with van der Waals surface area (Å²) in [6.07, 6.45) is 6.64. The smallest absolute Gasteiger partial charge is 0.137 e. The molecule has 102 valence electrons. The van der Waals surface area contributed by atoms with Crippen LogP contribution in [-0.2, 0) is 6.54 Å². The van der Waals surface area contributed by atoms with Gasteiger partial charge < -0.3 is 14.6 Å². The summed E-state index contributed by atoms with van der Waals surface area (Å²) in [5.41, 5.74) is 1.99. The minimum absolute atomic E-state index is 0.732. The lowest BCUT2D eigenvalue weighted by molar-refractivity contribution is 0.321. The number of hydrogen-bond acceptors (Lipinski definition) is 3. The molecule has 2 heterocycles. The second kappa shape index (κ2) is 5.49. The van der Waals surface area contributed by atoms with Crippen LogP contribution >= 0.6 is 11.6 Å². The van der Waals surface area contributed by atoms with Gasteiger partial charge in [0, 0.05) is 38.1 Å². The molecule has 0 atom stereocenters. The minimum atomic E-state index is 0.732. The molecule has 0 unspecified atom stereocenters. The average Bonchev–Trinajstić information content (AvgIpc) is 3.16. The minimum Gasteiger partial charge on any atom is -0.310 e. The van der Waals surface area contributed by atoms with Gasteiger partial charge in [-0.05, 0) is 32.0 Å². The van der Waals surface area contributed by atoms with Gasteiger partial charge in [-0.25, -0.2) is 4.98 Å². The summed E-state index contributed by atoms with van der Waals surface area (Å²) in [4.78, 5) is 6.97. The van der Waals surface area contributed by atoms with E-state index in [1.165, 1.54) is 12.8 Å². The van der Waals surface area contributed by atoms with Crippen molar-refractivity contribution in [3.05, 3.63) is 35.2 Å². The Bertz CT molecular complexity index is 562. The third kappa shape index (κ3) is 3.26. The Hall–Kier alpha value is -1.10. The van der Waals surface area contributed by atoms with Crippen molar-refractivity contribution in [2.45, 2.75) is 25.4 Å². The molecule has 1 fully saturated rings. The molecule has 1 saturated carbocycles. The van der Waals surface area contributed by atoms with Crippen molar-refractivity contribution in [3.8, 4) is 0 Å². The van der Waals surface area contributed by atoms with E-state index in [0.29, 0.717) is 0 Å². The lowest BCUT2D eigenvalue weighted by Crippen LogP contribution is -2.30. The summed E-state index contributed by atoms with van der Waals surface area (Å²) in [6, 6.07) is 4.64. The van der Waals surface area contributed by atoms with Crippen LogP contribution in [0.4, 0.5) is 0 Å². The first-order valence-corrected chi connectivity index (χ1v) is 7.14. The van der Waals surface area contributed by atoms with Gasteiger partial charge in [0.15, 0.2) is 0 Å². The molecule has 0 aromatic carbocycles. The molecule has 0 spiro atoms. The largest absolute Gasteiger partial charge is 0.310 e. The molecule has 0 bridgehead atoms. The molecule has 4 nitrogen and oxygen atoms in total. The molecule has 0 amide bonds. The highest BCUT2D eigenvalue weighted by molar-refractivity contribution is 6.30. The zero-order valence-corrected chi connectivity index (χ0v) is 11.9. The quantitative estimate of drug-likeness (QED) is 0.822. The van der Waals surface area contributed by atoms with Crippen molar-refractivity contribution in [2.24, 2.45) is 0 Å². The Morgan fingerprint density at radius 3 is 3.05 bits per heavy atom. The van der Waals surface area contributed by atoms with Gasteiger partial charge in [0.1, 0.15) is 5.65 Å². The van der Waals surface area contributed by atoms with E-state index in [2.05, 4.69) is 22.2 Å². The number of hydrogen-bond donors (Lipinski definition) is 1. The Kier molecular flexibility index (Phi) is 3.73. The molecule has 2 aromatic rings. The molecule has 3 rings (SSSR count). The van der Waals surface area contributed by atoms with E-state index in [0.717, 1.165) is 42.0 Å². The highest BCUT2D eigenvalue weighted by Crippen LogP contribution is 2.24. The summed E-state index contributed by atoms with van der Waals surface area (Å²) < 4.78 is 1.97. The number of nitrogens with zero attached hydrogens (tertiary/aromatic N) is 3. The fourth-order valence-corrected chi connectivity index (χ4v) is 2.44. The molecule has 1 aliphatic rings. The van der Waals surface area contributed by atoms with E-state index in [1.54, 1.807) is 0 Å². The zero-order valence-electron chi connectivity index (χ0n) is 11.1. The first-order chi connectivity index (χ1) is 9.22. The highest BCUT2D eigenvalue weighted by Gasteiger charge is 2.25. The van der Waals surface area contributed by atoms with Crippen LogP contribution in [0.3, 0.4) is 0 Å². The number of rotatable bonds is 6. The summed E-state index contributed by atoms with van der Waals surface area (Å²) in [5.74, 6) is 0. The van der Waals surface area contributed by atoms with Crippen LogP contribution in [-0.4, -0.2) is 40.5 Å². The molecule has 0 radical (unpaired) electrons. The summed E-state index contributed by atoms with van der Waals surface area (Å²) >= 11 is 5.96. The Morgan fingerprint density at radius 1 is 1.42 bits per heavy atom. The third-order valence-corrected chi connectivity index (χ3v) is 3.81. The van der Waals surface area contributed by atoms with Crippen molar-refractivity contribution in [2.75, 3.05) is 20.1 Å². The SMILES string of the molecule is CN(CCNCc1cn2cc(Cl)ccc2n1)C1CC1. The monoisotopic (exact) mass is 278 g/mol. The number of imidazole rings is 1. The predicted octanol–water partition coefficient (Wildman–Crippen LogP) is 2.17. The highest BCUT2D eigenvalue weighted by atomic mass is 35.5. The van der Waals surface area contributed by atoms with Crippen molar-refractivity contribution < 1.29 is 0 Å². The number of nitrogens with one attached hydrogen (secondary N) is 1. The van der Waals surface area contributed by atoms with Crippen LogP contribution in [0.5, 0.6) is 0 Å². The lowest BCUT2D eigenvalue weighted by Gasteiger charge is -2.15. The second-order valence-corrected chi connectivity index (χ2v) is 5.67. The molecule has 0 saturated heterocycles. The number of likely N-dealkylation sites (N-methyl/N-ethyl adjacent to an activating group) is 1. The fourth-order valence-electron chi connectivity index (χ4n) is 2.27. The van der Waals surface area contributed by atoms with Crippen molar-refractivity contribution in [3.63, 3.8) is 0 Å². The Labute approximate surface area is 118 Å². The second-order valence-electron chi connectivity index (χ2n) is 5.23. The maximum atomic E-state index is 5.96. The van der Waals surface area contributed by atoms with E-state index in [1.807, 2.05) is 28.9 Å². The van der Waals surface area contributed by atoms with E-state index in [9.17, 15) is 0 Å². The topological polar surface area (TPSA) is 32.6 Å². The van der Waals surface area contributed by atoms with E-state index in [-0.39, 0.29) is 0 Å². The van der Waals surface area contributed by atoms with Gasteiger partial charge in [-0.15, -0.1) is 0 Å². The van der Waals surface area contributed by atoms with Crippen molar-refractivity contribution in [1.29, 1.82) is 0 Å². The summed E-state index contributed by atoms with van der Waals surface area (Å²) in [5, 5.41) is 4.17. The first kappa shape index (κ1) is 12.9. The van der Waals surface area contributed by atoms with Gasteiger partial charge in [0.2, 0.25) is 0 Å². The average molecular weight is 279 g/mol. The molecular weight excluding hydrogens is 260 g/mol. The van der Waals surface area contributed by atoms with Crippen LogP contribution in [0.25, 0.3) is 5.65 Å².